The predicted molar refractivity (Wildman–Crippen MR) is 93.3 cm³/mol. The third-order valence-electron chi connectivity index (χ3n) is 4.29. The summed E-state index contributed by atoms with van der Waals surface area (Å²) in [6.07, 6.45) is 3.39. The van der Waals surface area contributed by atoms with Crippen molar-refractivity contribution in [3.63, 3.8) is 0 Å². The van der Waals surface area contributed by atoms with Gasteiger partial charge in [-0.25, -0.2) is 9.97 Å². The van der Waals surface area contributed by atoms with E-state index in [1.165, 1.54) is 0 Å². The average Bonchev–Trinajstić information content (AvgIpc) is 2.62. The number of hydrogen-bond donors (Lipinski definition) is 1. The standard InChI is InChI=1S/C18H22N4O2/c1-13-7-10-19-18(20-13)22-11-8-14(9-12-22)17(23)21-15-3-5-16(24-2)6-4-15/h3-7,10,14H,8-9,11-12H2,1-2H3,(H,21,23). The minimum absolute atomic E-state index is 0.0214. The van der Waals surface area contributed by atoms with E-state index in [4.69, 9.17) is 4.74 Å². The fraction of sp³-hybridized carbons (Fsp3) is 0.389. The van der Waals surface area contributed by atoms with Gasteiger partial charge in [0, 0.05) is 36.6 Å². The van der Waals surface area contributed by atoms with E-state index in [2.05, 4.69) is 20.2 Å². The molecule has 0 saturated carbocycles. The Balaban J connectivity index is 1.54. The molecule has 1 aliphatic heterocycles. The molecule has 2 heterocycles. The maximum Gasteiger partial charge on any atom is 0.227 e. The third kappa shape index (κ3) is 3.82. The molecule has 1 aliphatic rings. The minimum atomic E-state index is 0.0214. The smallest absolute Gasteiger partial charge is 0.227 e. The van der Waals surface area contributed by atoms with Crippen LogP contribution in [0.1, 0.15) is 18.5 Å². The van der Waals surface area contributed by atoms with Crippen molar-refractivity contribution >= 4 is 17.5 Å². The summed E-state index contributed by atoms with van der Waals surface area (Å²) < 4.78 is 5.12. The largest absolute Gasteiger partial charge is 0.497 e. The number of rotatable bonds is 4. The highest BCUT2D eigenvalue weighted by atomic mass is 16.5. The highest BCUT2D eigenvalue weighted by Gasteiger charge is 2.26. The van der Waals surface area contributed by atoms with Gasteiger partial charge in [-0.1, -0.05) is 0 Å². The zero-order valence-corrected chi connectivity index (χ0v) is 14.0. The Morgan fingerprint density at radius 2 is 1.92 bits per heavy atom. The summed E-state index contributed by atoms with van der Waals surface area (Å²) in [6.45, 7) is 3.55. The van der Waals surface area contributed by atoms with Gasteiger partial charge in [-0.2, -0.15) is 0 Å². The monoisotopic (exact) mass is 326 g/mol. The first-order chi connectivity index (χ1) is 11.7. The molecule has 2 aromatic rings. The summed E-state index contributed by atoms with van der Waals surface area (Å²) >= 11 is 0. The lowest BCUT2D eigenvalue weighted by molar-refractivity contribution is -0.120. The van der Waals surface area contributed by atoms with Crippen molar-refractivity contribution in [2.75, 3.05) is 30.4 Å². The summed E-state index contributed by atoms with van der Waals surface area (Å²) in [6, 6.07) is 9.28. The van der Waals surface area contributed by atoms with Gasteiger partial charge >= 0.3 is 0 Å². The maximum absolute atomic E-state index is 12.4. The van der Waals surface area contributed by atoms with E-state index in [0.29, 0.717) is 0 Å². The van der Waals surface area contributed by atoms with Gasteiger partial charge in [-0.05, 0) is 50.1 Å². The number of nitrogens with zero attached hydrogens (tertiary/aromatic N) is 3. The van der Waals surface area contributed by atoms with Gasteiger partial charge < -0.3 is 15.0 Å². The molecule has 0 aliphatic carbocycles. The number of amides is 1. The van der Waals surface area contributed by atoms with Crippen molar-refractivity contribution in [1.29, 1.82) is 0 Å². The summed E-state index contributed by atoms with van der Waals surface area (Å²) in [5.41, 5.74) is 1.75. The van der Waals surface area contributed by atoms with Crippen LogP contribution in [-0.4, -0.2) is 36.1 Å². The van der Waals surface area contributed by atoms with E-state index < -0.39 is 0 Å². The Bertz CT molecular complexity index is 694. The van der Waals surface area contributed by atoms with Crippen LogP contribution in [0.2, 0.25) is 0 Å². The number of carbonyl (C=O) groups is 1. The summed E-state index contributed by atoms with van der Waals surface area (Å²) in [5, 5.41) is 2.98. The molecule has 1 aromatic heterocycles. The SMILES string of the molecule is COc1ccc(NC(=O)C2CCN(c3nccc(C)n3)CC2)cc1. The molecule has 0 unspecified atom stereocenters. The van der Waals surface area contributed by atoms with Crippen LogP contribution >= 0.6 is 0 Å². The second-order valence-corrected chi connectivity index (χ2v) is 5.98. The molecule has 1 fully saturated rings. The highest BCUT2D eigenvalue weighted by Crippen LogP contribution is 2.23. The first-order valence-electron chi connectivity index (χ1n) is 8.15. The molecule has 6 nitrogen and oxygen atoms in total. The zero-order valence-electron chi connectivity index (χ0n) is 14.0. The number of carbonyl (C=O) groups excluding carboxylic acids is 1. The quantitative estimate of drug-likeness (QED) is 0.935. The van der Waals surface area contributed by atoms with Crippen molar-refractivity contribution in [2.24, 2.45) is 5.92 Å². The fourth-order valence-corrected chi connectivity index (χ4v) is 2.85. The van der Waals surface area contributed by atoms with E-state index in [0.717, 1.165) is 49.0 Å². The van der Waals surface area contributed by atoms with Gasteiger partial charge in [-0.3, -0.25) is 4.79 Å². The second kappa shape index (κ2) is 7.29. The zero-order chi connectivity index (χ0) is 16.9. The van der Waals surface area contributed by atoms with E-state index in [9.17, 15) is 4.79 Å². The number of piperidine rings is 1. The first-order valence-corrected chi connectivity index (χ1v) is 8.15. The molecule has 0 radical (unpaired) electrons. The van der Waals surface area contributed by atoms with Gasteiger partial charge in [0.25, 0.3) is 0 Å². The van der Waals surface area contributed by atoms with Crippen molar-refractivity contribution < 1.29 is 9.53 Å². The van der Waals surface area contributed by atoms with Crippen molar-refractivity contribution in [2.45, 2.75) is 19.8 Å². The average molecular weight is 326 g/mol. The molecule has 3 rings (SSSR count). The lowest BCUT2D eigenvalue weighted by Crippen LogP contribution is -2.39. The number of methoxy groups -OCH3 is 1. The maximum atomic E-state index is 12.4. The molecule has 1 amide bonds. The third-order valence-corrected chi connectivity index (χ3v) is 4.29. The predicted octanol–water partition coefficient (Wildman–Crippen LogP) is 2.65. The van der Waals surface area contributed by atoms with Crippen LogP contribution in [0, 0.1) is 12.8 Å². The van der Waals surface area contributed by atoms with E-state index >= 15 is 0 Å². The molecule has 0 spiro atoms. The normalized spacial score (nSPS) is 15.2. The van der Waals surface area contributed by atoms with Gasteiger partial charge in [0.15, 0.2) is 0 Å². The number of aromatic nitrogens is 2. The van der Waals surface area contributed by atoms with Crippen LogP contribution in [-0.2, 0) is 4.79 Å². The Morgan fingerprint density at radius 3 is 2.54 bits per heavy atom. The Morgan fingerprint density at radius 1 is 1.21 bits per heavy atom. The van der Waals surface area contributed by atoms with Crippen molar-refractivity contribution in [3.05, 3.63) is 42.2 Å². The first kappa shape index (κ1) is 16.2. The number of benzene rings is 1. The molecule has 6 heteroatoms. The molecule has 24 heavy (non-hydrogen) atoms. The van der Waals surface area contributed by atoms with Crippen LogP contribution in [0.4, 0.5) is 11.6 Å². The van der Waals surface area contributed by atoms with Gasteiger partial charge in [0.2, 0.25) is 11.9 Å². The Kier molecular flexibility index (Phi) is 4.93. The molecule has 0 atom stereocenters. The van der Waals surface area contributed by atoms with E-state index in [1.54, 1.807) is 13.3 Å². The van der Waals surface area contributed by atoms with Crippen LogP contribution < -0.4 is 15.0 Å². The number of aryl methyl sites for hydroxylation is 1. The summed E-state index contributed by atoms with van der Waals surface area (Å²) in [4.78, 5) is 23.3. The van der Waals surface area contributed by atoms with E-state index in [-0.39, 0.29) is 11.8 Å². The lowest BCUT2D eigenvalue weighted by atomic mass is 9.96. The molecule has 1 saturated heterocycles. The molecule has 1 N–H and O–H groups in total. The van der Waals surface area contributed by atoms with Crippen LogP contribution in [0.15, 0.2) is 36.5 Å². The molecular weight excluding hydrogens is 304 g/mol. The second-order valence-electron chi connectivity index (χ2n) is 5.98. The fourth-order valence-electron chi connectivity index (χ4n) is 2.85. The summed E-state index contributed by atoms with van der Waals surface area (Å²) in [5.74, 6) is 1.63. The van der Waals surface area contributed by atoms with Crippen LogP contribution in [0.5, 0.6) is 5.75 Å². The summed E-state index contributed by atoms with van der Waals surface area (Å²) in [7, 11) is 1.62. The number of nitrogens with one attached hydrogen (secondary N) is 1. The molecule has 126 valence electrons. The Hall–Kier alpha value is -2.63. The van der Waals surface area contributed by atoms with E-state index in [1.807, 2.05) is 37.3 Å². The number of hydrogen-bond acceptors (Lipinski definition) is 5. The van der Waals surface area contributed by atoms with Crippen LogP contribution in [0.25, 0.3) is 0 Å². The van der Waals surface area contributed by atoms with Gasteiger partial charge in [0.05, 0.1) is 7.11 Å². The number of anilines is 2. The topological polar surface area (TPSA) is 67.3 Å². The Labute approximate surface area is 141 Å². The van der Waals surface area contributed by atoms with Gasteiger partial charge in [0.1, 0.15) is 5.75 Å². The lowest BCUT2D eigenvalue weighted by Gasteiger charge is -2.31. The molecule has 0 bridgehead atoms. The van der Waals surface area contributed by atoms with Crippen LogP contribution in [0.3, 0.4) is 0 Å². The highest BCUT2D eigenvalue weighted by molar-refractivity contribution is 5.92. The minimum Gasteiger partial charge on any atom is -0.497 e. The van der Waals surface area contributed by atoms with Crippen molar-refractivity contribution in [1.82, 2.24) is 9.97 Å². The van der Waals surface area contributed by atoms with Gasteiger partial charge in [-0.15, -0.1) is 0 Å². The number of ether oxygens (including phenoxy) is 1. The van der Waals surface area contributed by atoms with Crippen molar-refractivity contribution in [3.8, 4) is 5.75 Å². The molecule has 1 aromatic carbocycles. The molecular formula is C18H22N4O2.